The first-order valence-electron chi connectivity index (χ1n) is 12.5. The Morgan fingerprint density at radius 1 is 0.536 bits per heavy atom. The monoisotopic (exact) mass is 400 g/mol. The minimum atomic E-state index is -0.0614. The van der Waals surface area contributed by atoms with Crippen LogP contribution >= 0.6 is 0 Å². The Bertz CT molecular complexity index is 283. The van der Waals surface area contributed by atoms with E-state index in [1.54, 1.807) is 0 Å². The van der Waals surface area contributed by atoms with Gasteiger partial charge in [0.15, 0.2) is 6.29 Å². The molecule has 2 unspecified atom stereocenters. The van der Waals surface area contributed by atoms with Gasteiger partial charge in [0, 0.05) is 13.2 Å². The van der Waals surface area contributed by atoms with Crippen LogP contribution in [0.3, 0.4) is 0 Å². The summed E-state index contributed by atoms with van der Waals surface area (Å²) in [6.07, 6.45) is 19.4. The van der Waals surface area contributed by atoms with Crippen molar-refractivity contribution in [1.82, 2.24) is 0 Å². The van der Waals surface area contributed by atoms with Gasteiger partial charge in [-0.3, -0.25) is 0 Å². The van der Waals surface area contributed by atoms with Crippen LogP contribution in [-0.2, 0) is 14.2 Å². The van der Waals surface area contributed by atoms with Crippen molar-refractivity contribution in [2.24, 2.45) is 5.92 Å². The van der Waals surface area contributed by atoms with Crippen LogP contribution in [0.5, 0.6) is 0 Å². The zero-order chi connectivity index (χ0) is 20.7. The van der Waals surface area contributed by atoms with E-state index in [-0.39, 0.29) is 6.29 Å². The van der Waals surface area contributed by atoms with E-state index in [4.69, 9.17) is 14.2 Å². The second-order valence-electron chi connectivity index (χ2n) is 8.38. The normalized spacial score (nSPS) is 13.7. The van der Waals surface area contributed by atoms with Gasteiger partial charge in [-0.15, -0.1) is 0 Å². The van der Waals surface area contributed by atoms with Crippen molar-refractivity contribution in [2.45, 2.75) is 130 Å². The summed E-state index contributed by atoms with van der Waals surface area (Å²) in [4.78, 5) is 0. The first-order valence-corrected chi connectivity index (χ1v) is 12.5. The molecule has 0 fully saturated rings. The second kappa shape index (κ2) is 23.2. The van der Waals surface area contributed by atoms with E-state index in [0.29, 0.717) is 13.2 Å². The van der Waals surface area contributed by atoms with Gasteiger partial charge in [-0.25, -0.2) is 0 Å². The summed E-state index contributed by atoms with van der Waals surface area (Å²) in [5.74, 6) is 0.887. The summed E-state index contributed by atoms with van der Waals surface area (Å²) in [7, 11) is 0. The molecule has 0 aromatic rings. The third kappa shape index (κ3) is 20.6. The third-order valence-electron chi connectivity index (χ3n) is 5.60. The van der Waals surface area contributed by atoms with Gasteiger partial charge in [-0.05, 0) is 25.2 Å². The van der Waals surface area contributed by atoms with Gasteiger partial charge < -0.3 is 14.2 Å². The van der Waals surface area contributed by atoms with Crippen LogP contribution < -0.4 is 0 Å². The summed E-state index contributed by atoms with van der Waals surface area (Å²) in [5, 5.41) is 0. The fourth-order valence-corrected chi connectivity index (χ4v) is 3.33. The minimum absolute atomic E-state index is 0.0614. The smallest absolute Gasteiger partial charge is 0.157 e. The van der Waals surface area contributed by atoms with Crippen LogP contribution in [0.1, 0.15) is 124 Å². The molecule has 2 atom stereocenters. The molecule has 0 aromatic carbocycles. The van der Waals surface area contributed by atoms with E-state index in [1.807, 2.05) is 0 Å². The highest BCUT2D eigenvalue weighted by Gasteiger charge is 2.06. The lowest BCUT2D eigenvalue weighted by molar-refractivity contribution is -0.152. The SMILES string of the molecule is CCCCCCCCCCOC(CC)OCCOCCCCCCC(C)CC. The Kier molecular flexibility index (Phi) is 23.1. The molecule has 3 heteroatoms. The summed E-state index contributed by atoms with van der Waals surface area (Å²) < 4.78 is 17.4. The predicted octanol–water partition coefficient (Wildman–Crippen LogP) is 7.91. The van der Waals surface area contributed by atoms with Crippen LogP contribution in [-0.4, -0.2) is 32.7 Å². The Morgan fingerprint density at radius 3 is 1.75 bits per heavy atom. The number of hydrogen-bond donors (Lipinski definition) is 0. The minimum Gasteiger partial charge on any atom is -0.379 e. The van der Waals surface area contributed by atoms with Crippen molar-refractivity contribution in [3.8, 4) is 0 Å². The van der Waals surface area contributed by atoms with Gasteiger partial charge in [-0.2, -0.15) is 0 Å². The lowest BCUT2D eigenvalue weighted by Gasteiger charge is -2.17. The first kappa shape index (κ1) is 27.9. The Morgan fingerprint density at radius 2 is 1.11 bits per heavy atom. The first-order chi connectivity index (χ1) is 13.7. The molecule has 0 heterocycles. The number of hydrogen-bond acceptors (Lipinski definition) is 3. The summed E-state index contributed by atoms with van der Waals surface area (Å²) in [6.45, 7) is 12.0. The Balaban J connectivity index is 3.31. The fraction of sp³-hybridized carbons (Fsp3) is 1.00. The number of unbranched alkanes of at least 4 members (excludes halogenated alkanes) is 10. The van der Waals surface area contributed by atoms with E-state index in [0.717, 1.165) is 32.0 Å². The molecule has 170 valence electrons. The summed E-state index contributed by atoms with van der Waals surface area (Å²) >= 11 is 0. The molecule has 0 saturated carbocycles. The standard InChI is InChI=1S/C25H52O3/c1-5-8-9-10-11-12-14-18-21-27-25(7-3)28-23-22-26-20-17-15-13-16-19-24(4)6-2/h24-25H,5-23H2,1-4H3. The molecule has 0 bridgehead atoms. The topological polar surface area (TPSA) is 27.7 Å². The highest BCUT2D eigenvalue weighted by Crippen LogP contribution is 2.13. The average molecular weight is 401 g/mol. The molecule has 0 saturated heterocycles. The van der Waals surface area contributed by atoms with Gasteiger partial charge in [0.2, 0.25) is 0 Å². The van der Waals surface area contributed by atoms with Crippen molar-refractivity contribution in [2.75, 3.05) is 26.4 Å². The van der Waals surface area contributed by atoms with Crippen LogP contribution in [0.2, 0.25) is 0 Å². The molecular formula is C25H52O3. The maximum Gasteiger partial charge on any atom is 0.157 e. The van der Waals surface area contributed by atoms with Crippen LogP contribution in [0, 0.1) is 5.92 Å². The molecule has 0 radical (unpaired) electrons. The predicted molar refractivity (Wildman–Crippen MR) is 122 cm³/mol. The Hall–Kier alpha value is -0.120. The molecule has 0 aliphatic heterocycles. The molecule has 3 nitrogen and oxygen atoms in total. The van der Waals surface area contributed by atoms with E-state index in [1.165, 1.54) is 83.5 Å². The zero-order valence-electron chi connectivity index (χ0n) is 19.8. The molecule has 0 spiro atoms. The van der Waals surface area contributed by atoms with Crippen molar-refractivity contribution >= 4 is 0 Å². The van der Waals surface area contributed by atoms with Crippen molar-refractivity contribution in [1.29, 1.82) is 0 Å². The van der Waals surface area contributed by atoms with E-state index in [9.17, 15) is 0 Å². The highest BCUT2D eigenvalue weighted by molar-refractivity contribution is 4.51. The van der Waals surface area contributed by atoms with Crippen molar-refractivity contribution in [3.63, 3.8) is 0 Å². The van der Waals surface area contributed by atoms with Gasteiger partial charge >= 0.3 is 0 Å². The Labute approximate surface area is 177 Å². The molecule has 28 heavy (non-hydrogen) atoms. The van der Waals surface area contributed by atoms with Gasteiger partial charge in [0.25, 0.3) is 0 Å². The maximum atomic E-state index is 5.86. The largest absolute Gasteiger partial charge is 0.379 e. The quantitative estimate of drug-likeness (QED) is 0.129. The molecule has 0 aliphatic rings. The summed E-state index contributed by atoms with van der Waals surface area (Å²) in [5.41, 5.74) is 0. The molecule has 0 amide bonds. The average Bonchev–Trinajstić information content (AvgIpc) is 2.71. The molecule has 0 aromatic heterocycles. The van der Waals surface area contributed by atoms with Gasteiger partial charge in [0.05, 0.1) is 13.2 Å². The van der Waals surface area contributed by atoms with Crippen molar-refractivity contribution in [3.05, 3.63) is 0 Å². The van der Waals surface area contributed by atoms with Crippen LogP contribution in [0.4, 0.5) is 0 Å². The van der Waals surface area contributed by atoms with E-state index >= 15 is 0 Å². The van der Waals surface area contributed by atoms with Crippen LogP contribution in [0.15, 0.2) is 0 Å². The fourth-order valence-electron chi connectivity index (χ4n) is 3.33. The second-order valence-corrected chi connectivity index (χ2v) is 8.38. The molecule has 0 aliphatic carbocycles. The maximum absolute atomic E-state index is 5.86. The highest BCUT2D eigenvalue weighted by atomic mass is 16.7. The molecular weight excluding hydrogens is 348 g/mol. The van der Waals surface area contributed by atoms with Gasteiger partial charge in [-0.1, -0.05) is 105 Å². The lowest BCUT2D eigenvalue weighted by Crippen LogP contribution is -2.19. The number of ether oxygens (including phenoxy) is 3. The van der Waals surface area contributed by atoms with Gasteiger partial charge in [0.1, 0.15) is 0 Å². The molecule has 0 rings (SSSR count). The van der Waals surface area contributed by atoms with Crippen LogP contribution in [0.25, 0.3) is 0 Å². The number of rotatable bonds is 23. The van der Waals surface area contributed by atoms with Crippen molar-refractivity contribution < 1.29 is 14.2 Å². The lowest BCUT2D eigenvalue weighted by atomic mass is 10.0. The summed E-state index contributed by atoms with van der Waals surface area (Å²) in [6, 6.07) is 0. The van der Waals surface area contributed by atoms with E-state index in [2.05, 4.69) is 27.7 Å². The zero-order valence-corrected chi connectivity index (χ0v) is 19.8. The third-order valence-corrected chi connectivity index (χ3v) is 5.60. The molecule has 0 N–H and O–H groups in total. The van der Waals surface area contributed by atoms with E-state index < -0.39 is 0 Å².